The van der Waals surface area contributed by atoms with E-state index >= 15 is 0 Å². The van der Waals surface area contributed by atoms with Gasteiger partial charge in [0.1, 0.15) is 12.1 Å². The van der Waals surface area contributed by atoms with Crippen LogP contribution in [-0.2, 0) is 0 Å². The average Bonchev–Trinajstić information content (AvgIpc) is 2.61. The second-order valence-electron chi connectivity index (χ2n) is 2.97. The first-order chi connectivity index (χ1) is 6.81. The third-order valence-electron chi connectivity index (χ3n) is 1.83. The van der Waals surface area contributed by atoms with Crippen molar-refractivity contribution < 1.29 is 0 Å². The lowest BCUT2D eigenvalue weighted by atomic mass is 10.4. The van der Waals surface area contributed by atoms with E-state index in [-0.39, 0.29) is 24.8 Å². The fraction of sp³-hybridized carbons (Fsp3) is 0.375. The summed E-state index contributed by atoms with van der Waals surface area (Å²) in [5.74, 6) is 1.47. The van der Waals surface area contributed by atoms with E-state index in [9.17, 15) is 0 Å². The normalized spacial score (nSPS) is 9.38. The minimum Gasteiger partial charge on any atom is -0.369 e. The smallest absolute Gasteiger partial charge is 0.254 e. The highest BCUT2D eigenvalue weighted by Crippen LogP contribution is 2.08. The molecule has 16 heavy (non-hydrogen) atoms. The first-order valence-electron chi connectivity index (χ1n) is 4.42. The molecule has 2 aromatic rings. The molecule has 6 nitrogen and oxygen atoms in total. The first-order valence-corrected chi connectivity index (χ1v) is 4.42. The third kappa shape index (κ3) is 2.94. The number of rotatable bonds is 3. The minimum absolute atomic E-state index is 0. The summed E-state index contributed by atoms with van der Waals surface area (Å²) in [4.78, 5) is 8.24. The molecule has 0 aliphatic rings. The van der Waals surface area contributed by atoms with Gasteiger partial charge in [0.2, 0.25) is 0 Å². The SMILES string of the molecule is Cc1cc(NCCN)n2ncnc2n1.Cl.Cl. The number of aromatic nitrogens is 4. The Morgan fingerprint density at radius 2 is 2.19 bits per heavy atom. The van der Waals surface area contributed by atoms with Gasteiger partial charge in [-0.15, -0.1) is 24.8 Å². The summed E-state index contributed by atoms with van der Waals surface area (Å²) in [7, 11) is 0. The number of aryl methyl sites for hydroxylation is 1. The van der Waals surface area contributed by atoms with Crippen molar-refractivity contribution in [3.63, 3.8) is 0 Å². The molecule has 3 N–H and O–H groups in total. The molecule has 0 radical (unpaired) electrons. The molecule has 0 atom stereocenters. The van der Waals surface area contributed by atoms with Gasteiger partial charge in [-0.1, -0.05) is 0 Å². The van der Waals surface area contributed by atoms with Gasteiger partial charge in [0.25, 0.3) is 5.78 Å². The molecule has 0 fully saturated rings. The molecule has 0 bridgehead atoms. The summed E-state index contributed by atoms with van der Waals surface area (Å²) in [5, 5.41) is 7.21. The molecule has 0 spiro atoms. The zero-order valence-corrected chi connectivity index (χ0v) is 10.4. The number of hydrogen-bond donors (Lipinski definition) is 2. The largest absolute Gasteiger partial charge is 0.369 e. The summed E-state index contributed by atoms with van der Waals surface area (Å²) in [6.07, 6.45) is 1.48. The molecule has 0 saturated carbocycles. The van der Waals surface area contributed by atoms with Crippen LogP contribution in [0.4, 0.5) is 5.82 Å². The van der Waals surface area contributed by atoms with Crippen LogP contribution < -0.4 is 11.1 Å². The number of nitrogens with zero attached hydrogens (tertiary/aromatic N) is 4. The van der Waals surface area contributed by atoms with Crippen molar-refractivity contribution >= 4 is 36.4 Å². The van der Waals surface area contributed by atoms with Crippen LogP contribution in [0.15, 0.2) is 12.4 Å². The first kappa shape index (κ1) is 14.9. The average molecular weight is 265 g/mol. The Hall–Kier alpha value is -1.11. The lowest BCUT2D eigenvalue weighted by molar-refractivity contribution is 0.908. The molecule has 0 aromatic carbocycles. The molecule has 90 valence electrons. The minimum atomic E-state index is 0. The molecule has 2 aromatic heterocycles. The highest BCUT2D eigenvalue weighted by Gasteiger charge is 2.03. The maximum Gasteiger partial charge on any atom is 0.254 e. The Morgan fingerprint density at radius 3 is 2.88 bits per heavy atom. The van der Waals surface area contributed by atoms with Crippen LogP contribution in [-0.4, -0.2) is 32.7 Å². The summed E-state index contributed by atoms with van der Waals surface area (Å²) >= 11 is 0. The summed E-state index contributed by atoms with van der Waals surface area (Å²) in [6.45, 7) is 3.21. The Bertz CT molecular complexity index is 443. The van der Waals surface area contributed by atoms with E-state index in [1.54, 1.807) is 4.52 Å². The van der Waals surface area contributed by atoms with Crippen LogP contribution in [0.2, 0.25) is 0 Å². The Kier molecular flexibility index (Phi) is 6.02. The number of halogens is 2. The summed E-state index contributed by atoms with van der Waals surface area (Å²) < 4.78 is 1.66. The molecule has 2 rings (SSSR count). The topological polar surface area (TPSA) is 81.1 Å². The van der Waals surface area contributed by atoms with Gasteiger partial charge in [0.15, 0.2) is 0 Å². The zero-order chi connectivity index (χ0) is 9.97. The Morgan fingerprint density at radius 1 is 1.44 bits per heavy atom. The van der Waals surface area contributed by atoms with Crippen molar-refractivity contribution in [2.24, 2.45) is 5.73 Å². The molecular formula is C8H14Cl2N6. The van der Waals surface area contributed by atoms with E-state index in [1.807, 2.05) is 13.0 Å². The van der Waals surface area contributed by atoms with Crippen LogP contribution in [0.5, 0.6) is 0 Å². The highest BCUT2D eigenvalue weighted by atomic mass is 35.5. The molecule has 0 saturated heterocycles. The van der Waals surface area contributed by atoms with E-state index in [2.05, 4.69) is 20.4 Å². The molecule has 0 aliphatic carbocycles. The van der Waals surface area contributed by atoms with E-state index in [1.165, 1.54) is 6.33 Å². The van der Waals surface area contributed by atoms with Gasteiger partial charge in [0, 0.05) is 24.8 Å². The van der Waals surface area contributed by atoms with E-state index < -0.39 is 0 Å². The standard InChI is InChI=1S/C8H12N6.2ClH/c1-6-4-7(10-3-2-9)14-8(13-6)11-5-12-14;;/h4-5,10H,2-3,9H2,1H3;2*1H. The van der Waals surface area contributed by atoms with E-state index in [0.717, 1.165) is 11.5 Å². The van der Waals surface area contributed by atoms with Gasteiger partial charge in [-0.25, -0.2) is 4.98 Å². The van der Waals surface area contributed by atoms with Gasteiger partial charge < -0.3 is 11.1 Å². The van der Waals surface area contributed by atoms with Crippen LogP contribution in [0.1, 0.15) is 5.69 Å². The van der Waals surface area contributed by atoms with Crippen LogP contribution in [0.25, 0.3) is 5.78 Å². The second-order valence-corrected chi connectivity index (χ2v) is 2.97. The van der Waals surface area contributed by atoms with Gasteiger partial charge >= 0.3 is 0 Å². The van der Waals surface area contributed by atoms with E-state index in [0.29, 0.717) is 18.9 Å². The van der Waals surface area contributed by atoms with Crippen molar-refractivity contribution in [3.8, 4) is 0 Å². The van der Waals surface area contributed by atoms with E-state index in [4.69, 9.17) is 5.73 Å². The maximum atomic E-state index is 5.41. The third-order valence-corrected chi connectivity index (χ3v) is 1.83. The van der Waals surface area contributed by atoms with Gasteiger partial charge in [-0.2, -0.15) is 14.6 Å². The number of hydrogen-bond acceptors (Lipinski definition) is 5. The number of nitrogens with two attached hydrogens (primary N) is 1. The second kappa shape index (κ2) is 6.47. The summed E-state index contributed by atoms with van der Waals surface area (Å²) in [5.41, 5.74) is 6.32. The van der Waals surface area contributed by atoms with Crippen molar-refractivity contribution in [1.82, 2.24) is 19.6 Å². The Balaban J connectivity index is 0.00000112. The van der Waals surface area contributed by atoms with Crippen LogP contribution in [0, 0.1) is 6.92 Å². The van der Waals surface area contributed by atoms with Crippen molar-refractivity contribution in [3.05, 3.63) is 18.1 Å². The molecule has 0 aliphatic heterocycles. The number of fused-ring (bicyclic) bond motifs is 1. The van der Waals surface area contributed by atoms with Gasteiger partial charge in [0.05, 0.1) is 0 Å². The predicted octanol–water partition coefficient (Wildman–Crippen LogP) is 0.647. The molecule has 0 amide bonds. The molecule has 2 heterocycles. The monoisotopic (exact) mass is 264 g/mol. The molecule has 0 unspecified atom stereocenters. The van der Waals surface area contributed by atoms with Crippen LogP contribution in [0.3, 0.4) is 0 Å². The van der Waals surface area contributed by atoms with Gasteiger partial charge in [-0.05, 0) is 6.92 Å². The zero-order valence-electron chi connectivity index (χ0n) is 8.75. The van der Waals surface area contributed by atoms with Gasteiger partial charge in [-0.3, -0.25) is 0 Å². The van der Waals surface area contributed by atoms with Crippen molar-refractivity contribution in [2.75, 3.05) is 18.4 Å². The predicted molar refractivity (Wildman–Crippen MR) is 67.6 cm³/mol. The van der Waals surface area contributed by atoms with Crippen molar-refractivity contribution in [2.45, 2.75) is 6.92 Å². The fourth-order valence-corrected chi connectivity index (χ4v) is 1.26. The molecule has 8 heteroatoms. The molecular weight excluding hydrogens is 251 g/mol. The summed E-state index contributed by atoms with van der Waals surface area (Å²) in [6, 6.07) is 1.91. The quantitative estimate of drug-likeness (QED) is 0.851. The van der Waals surface area contributed by atoms with Crippen molar-refractivity contribution in [1.29, 1.82) is 0 Å². The lowest BCUT2D eigenvalue weighted by Gasteiger charge is -2.06. The Labute approximate surface area is 105 Å². The highest BCUT2D eigenvalue weighted by molar-refractivity contribution is 5.85. The maximum absolute atomic E-state index is 5.41. The van der Waals surface area contributed by atoms with Crippen LogP contribution >= 0.6 is 24.8 Å². The number of nitrogens with one attached hydrogen (secondary N) is 1. The lowest BCUT2D eigenvalue weighted by Crippen LogP contribution is -2.15. The number of anilines is 1. The fourth-order valence-electron chi connectivity index (χ4n) is 1.26.